The van der Waals surface area contributed by atoms with Gasteiger partial charge in [0.15, 0.2) is 5.70 Å². The molecule has 3 rings (SSSR count). The van der Waals surface area contributed by atoms with Crippen molar-refractivity contribution in [3.05, 3.63) is 40.9 Å². The van der Waals surface area contributed by atoms with E-state index in [1.807, 2.05) is 6.92 Å². The number of unbranched alkanes of at least 4 members (excludes halogenated alkanes) is 3. The molecule has 0 atom stereocenters. The van der Waals surface area contributed by atoms with E-state index in [-0.39, 0.29) is 24.7 Å². The molecular formula is C20H30BClF2N4O. The topological polar surface area (TPSA) is 64.7 Å². The Hall–Kier alpha value is -1.93. The molecule has 0 fully saturated rings. The number of nitrogens with zero attached hydrogens (tertiary/aromatic N) is 2. The summed E-state index contributed by atoms with van der Waals surface area (Å²) in [4.78, 5) is 12.1. The molecule has 2 aliphatic rings. The predicted octanol–water partition coefficient (Wildman–Crippen LogP) is -0.592. The minimum Gasteiger partial charge on any atom is -1.00 e. The van der Waals surface area contributed by atoms with Crippen molar-refractivity contribution in [3.63, 3.8) is 0 Å². The number of amides is 1. The second kappa shape index (κ2) is 9.72. The van der Waals surface area contributed by atoms with Crippen LogP contribution in [0.3, 0.4) is 0 Å². The molecule has 29 heavy (non-hydrogen) atoms. The molecule has 0 unspecified atom stereocenters. The Kier molecular flexibility index (Phi) is 7.83. The highest BCUT2D eigenvalue weighted by Gasteiger charge is 2.52. The molecule has 0 spiro atoms. The van der Waals surface area contributed by atoms with E-state index in [4.69, 9.17) is 0 Å². The van der Waals surface area contributed by atoms with Crippen LogP contribution in [0.15, 0.2) is 23.9 Å². The zero-order valence-corrected chi connectivity index (χ0v) is 17.9. The number of aryl methyl sites for hydroxylation is 2. The predicted molar refractivity (Wildman–Crippen MR) is 108 cm³/mol. The van der Waals surface area contributed by atoms with E-state index in [2.05, 4.69) is 11.1 Å². The number of fused-ring (bicyclic) bond motifs is 2. The zero-order valence-electron chi connectivity index (χ0n) is 17.2. The van der Waals surface area contributed by atoms with E-state index < -0.39 is 6.97 Å². The van der Waals surface area contributed by atoms with E-state index >= 15 is 8.63 Å². The number of rotatable bonds is 9. The number of hydrogen-bond acceptors (Lipinski definition) is 1. The van der Waals surface area contributed by atoms with Gasteiger partial charge >= 0.3 is 6.97 Å². The van der Waals surface area contributed by atoms with Gasteiger partial charge in [0.25, 0.3) is 0 Å². The molecule has 0 saturated heterocycles. The van der Waals surface area contributed by atoms with Gasteiger partial charge in [-0.2, -0.15) is 0 Å². The first-order chi connectivity index (χ1) is 13.4. The molecule has 0 aliphatic carbocycles. The second-order valence-electron chi connectivity index (χ2n) is 7.69. The molecule has 3 heterocycles. The summed E-state index contributed by atoms with van der Waals surface area (Å²) in [6.07, 6.45) is 10.0. The van der Waals surface area contributed by atoms with Crippen molar-refractivity contribution < 1.29 is 36.1 Å². The molecule has 160 valence electrons. The summed E-state index contributed by atoms with van der Waals surface area (Å²) in [6.45, 7) is 1.19. The maximum atomic E-state index is 15.3. The summed E-state index contributed by atoms with van der Waals surface area (Å²) in [5, 5.41) is 2.89. The summed E-state index contributed by atoms with van der Waals surface area (Å²) in [5.74, 6) is -0.0861. The third-order valence-corrected chi connectivity index (χ3v) is 5.52. The van der Waals surface area contributed by atoms with Crippen molar-refractivity contribution in [2.45, 2.75) is 52.4 Å². The zero-order chi connectivity index (χ0) is 20.3. The molecule has 9 heteroatoms. The first-order valence-corrected chi connectivity index (χ1v) is 10.2. The maximum absolute atomic E-state index is 15.3. The number of hydrogen-bond donors (Lipinski definition) is 2. The Labute approximate surface area is 177 Å². The van der Waals surface area contributed by atoms with E-state index in [1.165, 1.54) is 0 Å². The van der Waals surface area contributed by atoms with Gasteiger partial charge in [0.2, 0.25) is 5.91 Å². The Morgan fingerprint density at radius 1 is 1.21 bits per heavy atom. The minimum absolute atomic E-state index is 0. The highest BCUT2D eigenvalue weighted by molar-refractivity contribution is 6.58. The van der Waals surface area contributed by atoms with Crippen LogP contribution in [0.2, 0.25) is 0 Å². The number of carbonyl (C=O) groups excluding carboxylic acids is 1. The van der Waals surface area contributed by atoms with Crippen molar-refractivity contribution in [2.24, 2.45) is 0 Å². The SMILES string of the molecule is Cc1cc(C)n2c1C=C1C=CC(CCC(=O)NCCCCCC[NH3+])=[N+]1[B-]2(F)F.[Cl-]. The van der Waals surface area contributed by atoms with E-state index in [0.29, 0.717) is 35.8 Å². The minimum atomic E-state index is -3.95. The molecular weight excluding hydrogens is 397 g/mol. The number of allylic oxidation sites excluding steroid dienone is 2. The Balaban J connectivity index is 0.00000300. The highest BCUT2D eigenvalue weighted by Crippen LogP contribution is 2.34. The molecule has 0 saturated carbocycles. The van der Waals surface area contributed by atoms with E-state index in [9.17, 15) is 4.79 Å². The average Bonchev–Trinajstić information content (AvgIpc) is 3.18. The van der Waals surface area contributed by atoms with E-state index in [0.717, 1.165) is 46.8 Å². The van der Waals surface area contributed by atoms with Gasteiger partial charge < -0.3 is 41.1 Å². The third kappa shape index (κ3) is 4.81. The van der Waals surface area contributed by atoms with Crippen molar-refractivity contribution in [1.29, 1.82) is 0 Å². The van der Waals surface area contributed by atoms with Crippen LogP contribution in [-0.2, 0) is 4.79 Å². The lowest BCUT2D eigenvalue weighted by atomic mass is 9.90. The maximum Gasteiger partial charge on any atom is 0.737 e. The molecule has 2 aliphatic heterocycles. The summed E-state index contributed by atoms with van der Waals surface area (Å²) in [5.41, 5.74) is 6.78. The quantitative estimate of drug-likeness (QED) is 0.402. The number of aromatic nitrogens is 1. The second-order valence-corrected chi connectivity index (χ2v) is 7.69. The molecule has 1 amide bonds. The van der Waals surface area contributed by atoms with Crippen LogP contribution in [0.25, 0.3) is 6.08 Å². The fourth-order valence-electron chi connectivity index (χ4n) is 4.11. The van der Waals surface area contributed by atoms with Gasteiger partial charge in [0.05, 0.1) is 6.54 Å². The molecule has 4 N–H and O–H groups in total. The average molecular weight is 427 g/mol. The van der Waals surface area contributed by atoms with Crippen molar-refractivity contribution in [1.82, 2.24) is 9.79 Å². The first kappa shape index (κ1) is 23.4. The number of quaternary nitrogens is 1. The summed E-state index contributed by atoms with van der Waals surface area (Å²) in [7, 11) is 0. The van der Waals surface area contributed by atoms with Crippen molar-refractivity contribution in [3.8, 4) is 0 Å². The van der Waals surface area contributed by atoms with Crippen LogP contribution in [0.5, 0.6) is 0 Å². The lowest BCUT2D eigenvalue weighted by Gasteiger charge is -2.30. The van der Waals surface area contributed by atoms with Crippen LogP contribution in [0.1, 0.15) is 55.5 Å². The summed E-state index contributed by atoms with van der Waals surface area (Å²) in [6, 6.07) is 1.79. The van der Waals surface area contributed by atoms with Crippen molar-refractivity contribution in [2.75, 3.05) is 13.1 Å². The van der Waals surface area contributed by atoms with E-state index in [1.54, 1.807) is 31.2 Å². The fourth-order valence-corrected chi connectivity index (χ4v) is 4.11. The van der Waals surface area contributed by atoms with Gasteiger partial charge in [-0.05, 0) is 50.4 Å². The molecule has 1 aromatic heterocycles. The Bertz CT molecular complexity index is 861. The third-order valence-electron chi connectivity index (χ3n) is 5.52. The van der Waals surface area contributed by atoms with Crippen LogP contribution >= 0.6 is 0 Å². The largest absolute Gasteiger partial charge is 1.00 e. The molecule has 0 bridgehead atoms. The smallest absolute Gasteiger partial charge is 0.737 e. The van der Waals surface area contributed by atoms with Crippen molar-refractivity contribution >= 4 is 24.7 Å². The summed E-state index contributed by atoms with van der Waals surface area (Å²) >= 11 is 0. The lowest BCUT2D eigenvalue weighted by Crippen LogP contribution is -3.00. The first-order valence-electron chi connectivity index (χ1n) is 10.2. The molecule has 1 aromatic rings. The molecule has 5 nitrogen and oxygen atoms in total. The standard InChI is InChI=1S/C20H29BF2N4O.ClH/c1-15-13-16(2)26-19(15)14-18-8-7-17(27(18)21(26,22)23)9-10-20(28)25-12-6-4-3-5-11-24;/h7-8,13-14H,3-6,9-12,24H2,1-2H3,(H,25,28);1H. The fraction of sp³-hybridized carbons (Fsp3) is 0.500. The summed E-state index contributed by atoms with van der Waals surface area (Å²) < 4.78 is 32.8. The van der Waals surface area contributed by atoms with Gasteiger partial charge in [-0.25, -0.2) is 0 Å². The van der Waals surface area contributed by atoms with Gasteiger partial charge in [-0.3, -0.25) is 4.79 Å². The lowest BCUT2D eigenvalue weighted by molar-refractivity contribution is -0.368. The number of carbonyl (C=O) groups is 1. The van der Waals surface area contributed by atoms with Gasteiger partial charge in [-0.15, -0.1) is 0 Å². The number of halogens is 3. The Morgan fingerprint density at radius 2 is 1.93 bits per heavy atom. The van der Waals surface area contributed by atoms with Gasteiger partial charge in [0.1, 0.15) is 5.71 Å². The van der Waals surface area contributed by atoms with Crippen LogP contribution < -0.4 is 23.5 Å². The monoisotopic (exact) mass is 426 g/mol. The highest BCUT2D eigenvalue weighted by atomic mass is 35.5. The van der Waals surface area contributed by atoms with Crippen LogP contribution in [0.4, 0.5) is 8.63 Å². The normalized spacial score (nSPS) is 16.2. The van der Waals surface area contributed by atoms with Crippen LogP contribution in [0, 0.1) is 13.8 Å². The number of nitrogens with one attached hydrogen (secondary N) is 1. The molecule has 0 aromatic carbocycles. The van der Waals surface area contributed by atoms with Gasteiger partial charge in [0, 0.05) is 43.3 Å². The molecule has 0 radical (unpaired) electrons. The Morgan fingerprint density at radius 3 is 2.66 bits per heavy atom. The van der Waals surface area contributed by atoms with Crippen LogP contribution in [-0.4, -0.2) is 40.6 Å². The van der Waals surface area contributed by atoms with Gasteiger partial charge in [-0.1, -0.05) is 6.42 Å².